The van der Waals surface area contributed by atoms with Crippen LogP contribution < -0.4 is 5.32 Å². The molecule has 6 nitrogen and oxygen atoms in total. The van der Waals surface area contributed by atoms with Crippen LogP contribution in [-0.2, 0) is 6.54 Å². The normalized spacial score (nSPS) is 11.0. The predicted molar refractivity (Wildman–Crippen MR) is 149 cm³/mol. The van der Waals surface area contributed by atoms with E-state index in [1.165, 1.54) is 29.5 Å². The lowest BCUT2D eigenvalue weighted by Gasteiger charge is -2.10. The molecule has 0 saturated carbocycles. The maximum atomic E-state index is 13.2. The Bertz CT molecular complexity index is 1610. The van der Waals surface area contributed by atoms with E-state index in [1.54, 1.807) is 12.1 Å². The van der Waals surface area contributed by atoms with Crippen molar-refractivity contribution >= 4 is 39.9 Å². The van der Waals surface area contributed by atoms with Gasteiger partial charge < -0.3 is 9.88 Å². The largest absolute Gasteiger partial charge is 0.340 e. The molecule has 1 N–H and O–H groups in total. The average molecular weight is 508 g/mol. The molecule has 1 amide bonds. The van der Waals surface area contributed by atoms with E-state index in [0.717, 1.165) is 33.6 Å². The van der Waals surface area contributed by atoms with Gasteiger partial charge in [0.05, 0.1) is 4.92 Å². The number of nitro benzene ring substituents is 1. The summed E-state index contributed by atoms with van der Waals surface area (Å²) in [4.78, 5) is 25.9. The Labute approximate surface area is 219 Å². The minimum absolute atomic E-state index is 0.0730. The first-order chi connectivity index (χ1) is 17.9. The van der Waals surface area contributed by atoms with Crippen LogP contribution in [0.1, 0.15) is 27.2 Å². The number of carbonyl (C=O) groups is 1. The lowest BCUT2D eigenvalue weighted by Crippen LogP contribution is -2.12. The maximum Gasteiger partial charge on any atom is 0.272 e. The van der Waals surface area contributed by atoms with Crippen LogP contribution in [0.25, 0.3) is 10.9 Å². The number of fused-ring (bicyclic) bond motifs is 1. The quantitative estimate of drug-likeness (QED) is 0.182. The molecule has 4 aromatic carbocycles. The summed E-state index contributed by atoms with van der Waals surface area (Å²) in [5.74, 6) is -0.314. The number of carbonyl (C=O) groups excluding carboxylic acids is 1. The summed E-state index contributed by atoms with van der Waals surface area (Å²) in [6.07, 6.45) is 0. The van der Waals surface area contributed by atoms with Gasteiger partial charge in [-0.1, -0.05) is 60.3 Å². The number of nitro groups is 1. The van der Waals surface area contributed by atoms with Gasteiger partial charge >= 0.3 is 0 Å². The molecule has 7 heteroatoms. The number of anilines is 1. The molecule has 5 aromatic rings. The zero-order valence-electron chi connectivity index (χ0n) is 20.5. The van der Waals surface area contributed by atoms with Crippen LogP contribution in [0.5, 0.6) is 0 Å². The second-order valence-electron chi connectivity index (χ2n) is 8.86. The van der Waals surface area contributed by atoms with E-state index >= 15 is 0 Å². The van der Waals surface area contributed by atoms with Crippen LogP contribution in [-0.4, -0.2) is 15.4 Å². The Morgan fingerprint density at radius 1 is 0.892 bits per heavy atom. The van der Waals surface area contributed by atoms with Gasteiger partial charge in [-0.05, 0) is 61.4 Å². The summed E-state index contributed by atoms with van der Waals surface area (Å²) in [5, 5.41) is 15.4. The van der Waals surface area contributed by atoms with Crippen molar-refractivity contribution in [3.05, 3.63) is 130 Å². The number of hydrogen-bond acceptors (Lipinski definition) is 4. The summed E-state index contributed by atoms with van der Waals surface area (Å²) in [7, 11) is 0. The molecule has 1 heterocycles. The lowest BCUT2D eigenvalue weighted by molar-refractivity contribution is -0.385. The fourth-order valence-corrected chi connectivity index (χ4v) is 5.34. The molecule has 0 saturated heterocycles. The number of amides is 1. The second-order valence-corrected chi connectivity index (χ2v) is 10.0. The van der Waals surface area contributed by atoms with E-state index in [2.05, 4.69) is 35.9 Å². The summed E-state index contributed by atoms with van der Waals surface area (Å²) >= 11 is 1.41. The van der Waals surface area contributed by atoms with Gasteiger partial charge in [-0.15, -0.1) is 0 Å². The molecule has 184 valence electrons. The molecule has 0 aliphatic heterocycles. The van der Waals surface area contributed by atoms with Gasteiger partial charge in [0.25, 0.3) is 11.6 Å². The van der Waals surface area contributed by atoms with Crippen molar-refractivity contribution in [3.8, 4) is 0 Å². The minimum Gasteiger partial charge on any atom is -0.340 e. The van der Waals surface area contributed by atoms with Crippen molar-refractivity contribution in [2.24, 2.45) is 0 Å². The predicted octanol–water partition coefficient (Wildman–Crippen LogP) is 7.62. The van der Waals surface area contributed by atoms with Crippen molar-refractivity contribution in [3.63, 3.8) is 0 Å². The Kier molecular flexibility index (Phi) is 6.79. The lowest BCUT2D eigenvalue weighted by atomic mass is 10.1. The molecule has 0 aliphatic rings. The van der Waals surface area contributed by atoms with Crippen LogP contribution in [0, 0.1) is 24.0 Å². The zero-order chi connectivity index (χ0) is 25.9. The minimum atomic E-state index is -0.446. The summed E-state index contributed by atoms with van der Waals surface area (Å²) in [6.45, 7) is 4.90. The number of nitrogens with zero attached hydrogens (tertiary/aromatic N) is 2. The van der Waals surface area contributed by atoms with Crippen molar-refractivity contribution in [1.82, 2.24) is 4.57 Å². The number of aromatic nitrogens is 1. The molecule has 0 fully saturated rings. The van der Waals surface area contributed by atoms with E-state index in [0.29, 0.717) is 16.1 Å². The molecule has 0 unspecified atom stereocenters. The van der Waals surface area contributed by atoms with Gasteiger partial charge in [-0.25, -0.2) is 0 Å². The zero-order valence-corrected chi connectivity index (χ0v) is 21.3. The monoisotopic (exact) mass is 507 g/mol. The molecule has 0 aliphatic carbocycles. The fraction of sp³-hybridized carbons (Fsp3) is 0.100. The van der Waals surface area contributed by atoms with Gasteiger partial charge in [0.1, 0.15) is 0 Å². The molecular formula is C30H25N3O3S. The van der Waals surface area contributed by atoms with Crippen molar-refractivity contribution in [1.29, 1.82) is 0 Å². The van der Waals surface area contributed by atoms with Gasteiger partial charge in [-0.3, -0.25) is 14.9 Å². The number of non-ortho nitro benzene ring substituents is 1. The van der Waals surface area contributed by atoms with Crippen LogP contribution in [0.2, 0.25) is 0 Å². The highest BCUT2D eigenvalue weighted by molar-refractivity contribution is 7.99. The highest BCUT2D eigenvalue weighted by Gasteiger charge is 2.16. The Morgan fingerprint density at radius 2 is 1.59 bits per heavy atom. The van der Waals surface area contributed by atoms with Crippen molar-refractivity contribution in [2.75, 3.05) is 5.32 Å². The average Bonchev–Trinajstić information content (AvgIpc) is 3.14. The number of aryl methyl sites for hydroxylation is 1. The molecule has 5 rings (SSSR count). The topological polar surface area (TPSA) is 77.2 Å². The molecule has 0 spiro atoms. The highest BCUT2D eigenvalue weighted by atomic mass is 32.2. The second kappa shape index (κ2) is 10.3. The van der Waals surface area contributed by atoms with Crippen molar-refractivity contribution < 1.29 is 9.72 Å². The van der Waals surface area contributed by atoms with E-state index in [-0.39, 0.29) is 11.6 Å². The molecule has 0 bridgehead atoms. The first-order valence-electron chi connectivity index (χ1n) is 11.9. The van der Waals surface area contributed by atoms with E-state index < -0.39 is 4.92 Å². The number of nitrogens with one attached hydrogen (secondary N) is 1. The van der Waals surface area contributed by atoms with Crippen LogP contribution >= 0.6 is 11.8 Å². The van der Waals surface area contributed by atoms with Crippen molar-refractivity contribution in [2.45, 2.75) is 30.2 Å². The molecule has 0 atom stereocenters. The van der Waals surface area contributed by atoms with Crippen LogP contribution in [0.4, 0.5) is 11.4 Å². The number of rotatable bonds is 7. The van der Waals surface area contributed by atoms with Gasteiger partial charge in [-0.2, -0.15) is 0 Å². The third-order valence-electron chi connectivity index (χ3n) is 6.42. The van der Waals surface area contributed by atoms with Crippen LogP contribution in [0.15, 0.2) is 107 Å². The number of benzene rings is 4. The molecule has 1 aromatic heterocycles. The van der Waals surface area contributed by atoms with E-state index in [4.69, 9.17) is 0 Å². The van der Waals surface area contributed by atoms with Crippen LogP contribution in [0.3, 0.4) is 0 Å². The summed E-state index contributed by atoms with van der Waals surface area (Å²) < 4.78 is 2.26. The van der Waals surface area contributed by atoms with Gasteiger partial charge in [0.2, 0.25) is 0 Å². The molecular weight excluding hydrogens is 482 g/mol. The Hall–Kier alpha value is -4.36. The van der Waals surface area contributed by atoms with E-state index in [1.807, 2.05) is 60.7 Å². The third kappa shape index (κ3) is 5.27. The Balaban J connectivity index is 1.43. The highest BCUT2D eigenvalue weighted by Crippen LogP contribution is 2.33. The standard InChI is InChI=1S/C30H25N3O3S/c1-20-21(2)32(19-22-9-5-3-6-10-22)29-14-13-23(15-28(20)29)30(34)31-24-16-25(33(35)36)18-27(17-24)37-26-11-7-4-8-12-26/h3-18H,19H2,1-2H3,(H,31,34). The Morgan fingerprint density at radius 3 is 2.30 bits per heavy atom. The summed E-state index contributed by atoms with van der Waals surface area (Å²) in [6, 6.07) is 30.2. The smallest absolute Gasteiger partial charge is 0.272 e. The molecule has 37 heavy (non-hydrogen) atoms. The fourth-order valence-electron chi connectivity index (χ4n) is 4.41. The number of hydrogen-bond donors (Lipinski definition) is 1. The van der Waals surface area contributed by atoms with E-state index in [9.17, 15) is 14.9 Å². The van der Waals surface area contributed by atoms with Gasteiger partial charge in [0, 0.05) is 56.3 Å². The SMILES string of the molecule is Cc1c(C)n(Cc2ccccc2)c2ccc(C(=O)Nc3cc(Sc4ccccc4)cc([N+](=O)[O-])c3)cc12. The van der Waals surface area contributed by atoms with Gasteiger partial charge in [0.15, 0.2) is 0 Å². The molecule has 0 radical (unpaired) electrons. The maximum absolute atomic E-state index is 13.2. The summed E-state index contributed by atoms with van der Waals surface area (Å²) in [5.41, 5.74) is 5.35. The third-order valence-corrected chi connectivity index (χ3v) is 7.40. The first kappa shape index (κ1) is 24.3. The first-order valence-corrected chi connectivity index (χ1v) is 12.7.